The third kappa shape index (κ3) is 4.99. The number of nitrogen functional groups attached to an aromatic ring is 1. The van der Waals surface area contributed by atoms with Crippen LogP contribution in [0.1, 0.15) is 11.1 Å². The van der Waals surface area contributed by atoms with E-state index < -0.39 is 0 Å². The quantitative estimate of drug-likeness (QED) is 0.461. The maximum Gasteiger partial charge on any atom is 0.122 e. The van der Waals surface area contributed by atoms with E-state index in [9.17, 15) is 0 Å². The van der Waals surface area contributed by atoms with Gasteiger partial charge >= 0.3 is 0 Å². The predicted octanol–water partition coefficient (Wildman–Crippen LogP) is 3.94. The lowest BCUT2D eigenvalue weighted by atomic mass is 10.2. The molecule has 0 aliphatic rings. The molecule has 0 aliphatic heterocycles. The average molecular weight is 321 g/mol. The Bertz CT molecular complexity index is 601. The van der Waals surface area contributed by atoms with Crippen LogP contribution in [0.5, 0.6) is 5.75 Å². The van der Waals surface area contributed by atoms with Gasteiger partial charge in [0.15, 0.2) is 0 Å². The fourth-order valence-electron chi connectivity index (χ4n) is 1.75. The molecule has 0 spiro atoms. The van der Waals surface area contributed by atoms with Crippen LogP contribution in [0, 0.1) is 5.41 Å². The number of hydrogen-bond acceptors (Lipinski definition) is 3. The second-order valence-electron chi connectivity index (χ2n) is 4.43. The fraction of sp³-hybridized carbons (Fsp3) is 0.188. The van der Waals surface area contributed by atoms with E-state index in [1.54, 1.807) is 23.9 Å². The molecule has 0 aliphatic carbocycles. The maximum absolute atomic E-state index is 7.32. The summed E-state index contributed by atoms with van der Waals surface area (Å²) < 4.78 is 5.64. The van der Waals surface area contributed by atoms with Crippen molar-refractivity contribution in [1.82, 2.24) is 0 Å². The minimum Gasteiger partial charge on any atom is -0.493 e. The van der Waals surface area contributed by atoms with Crippen LogP contribution in [-0.4, -0.2) is 18.2 Å². The highest BCUT2D eigenvalue weighted by atomic mass is 35.5. The first-order valence-electron chi connectivity index (χ1n) is 6.55. The number of rotatable bonds is 7. The summed E-state index contributed by atoms with van der Waals surface area (Å²) in [7, 11) is 0. The molecule has 2 aromatic carbocycles. The minimum atomic E-state index is 0.0665. The molecule has 2 rings (SSSR count). The molecule has 0 saturated heterocycles. The lowest BCUT2D eigenvalue weighted by Gasteiger charge is -2.07. The molecule has 0 atom stereocenters. The van der Waals surface area contributed by atoms with Crippen LogP contribution in [0.3, 0.4) is 0 Å². The lowest BCUT2D eigenvalue weighted by molar-refractivity contribution is 0.344. The molecule has 0 aromatic heterocycles. The molecule has 5 heteroatoms. The molecule has 0 fully saturated rings. The van der Waals surface area contributed by atoms with E-state index in [4.69, 9.17) is 27.5 Å². The Morgan fingerprint density at radius 1 is 1.14 bits per heavy atom. The Labute approximate surface area is 134 Å². The molecule has 2 aromatic rings. The number of amidine groups is 1. The molecular weight excluding hydrogens is 304 g/mol. The van der Waals surface area contributed by atoms with Crippen molar-refractivity contribution < 1.29 is 4.74 Å². The molecule has 0 amide bonds. The number of nitrogens with two attached hydrogens (primary N) is 1. The first-order valence-corrected chi connectivity index (χ1v) is 8.08. The monoisotopic (exact) mass is 320 g/mol. The normalized spacial score (nSPS) is 10.3. The van der Waals surface area contributed by atoms with Crippen molar-refractivity contribution in [2.75, 3.05) is 12.4 Å². The van der Waals surface area contributed by atoms with Crippen molar-refractivity contribution in [2.45, 2.75) is 5.75 Å². The van der Waals surface area contributed by atoms with Crippen molar-refractivity contribution in [3.05, 3.63) is 64.7 Å². The van der Waals surface area contributed by atoms with E-state index in [1.807, 2.05) is 36.4 Å². The average Bonchev–Trinajstić information content (AvgIpc) is 2.49. The van der Waals surface area contributed by atoms with Gasteiger partial charge in [0, 0.05) is 22.1 Å². The fourth-order valence-corrected chi connectivity index (χ4v) is 2.85. The van der Waals surface area contributed by atoms with Gasteiger partial charge in [-0.2, -0.15) is 11.8 Å². The zero-order valence-electron chi connectivity index (χ0n) is 11.5. The van der Waals surface area contributed by atoms with Crippen LogP contribution in [0.4, 0.5) is 0 Å². The Kier molecular flexibility index (Phi) is 5.96. The first-order chi connectivity index (χ1) is 10.2. The number of nitrogens with one attached hydrogen (secondary N) is 1. The van der Waals surface area contributed by atoms with Gasteiger partial charge < -0.3 is 10.5 Å². The molecule has 3 nitrogen and oxygen atoms in total. The summed E-state index contributed by atoms with van der Waals surface area (Å²) >= 11 is 7.89. The number of halogens is 1. The number of benzene rings is 2. The molecule has 21 heavy (non-hydrogen) atoms. The summed E-state index contributed by atoms with van der Waals surface area (Å²) in [5, 5.41) is 8.13. The second-order valence-corrected chi connectivity index (χ2v) is 5.94. The highest BCUT2D eigenvalue weighted by Gasteiger charge is 2.00. The summed E-state index contributed by atoms with van der Waals surface area (Å²) in [5.74, 6) is 2.63. The second kappa shape index (κ2) is 7.96. The summed E-state index contributed by atoms with van der Waals surface area (Å²) in [4.78, 5) is 0. The number of ether oxygens (including phenoxy) is 1. The number of thioether (sulfide) groups is 1. The van der Waals surface area contributed by atoms with Gasteiger partial charge in [-0.3, -0.25) is 5.41 Å². The van der Waals surface area contributed by atoms with Gasteiger partial charge in [0.1, 0.15) is 11.6 Å². The summed E-state index contributed by atoms with van der Waals surface area (Å²) in [6, 6.07) is 15.1. The highest BCUT2D eigenvalue weighted by molar-refractivity contribution is 7.98. The van der Waals surface area contributed by atoms with E-state index in [-0.39, 0.29) is 5.84 Å². The molecule has 0 unspecified atom stereocenters. The van der Waals surface area contributed by atoms with E-state index in [0.29, 0.717) is 12.2 Å². The van der Waals surface area contributed by atoms with Crippen LogP contribution in [0.15, 0.2) is 48.5 Å². The largest absolute Gasteiger partial charge is 0.493 e. The SMILES string of the molecule is N=C(N)c1ccc(OCCSCc2ccccc2Cl)cc1. The van der Waals surface area contributed by atoms with Gasteiger partial charge in [-0.15, -0.1) is 0 Å². The third-order valence-corrected chi connectivity index (χ3v) is 4.22. The van der Waals surface area contributed by atoms with Crippen molar-refractivity contribution in [2.24, 2.45) is 5.73 Å². The topological polar surface area (TPSA) is 59.1 Å². The zero-order valence-corrected chi connectivity index (χ0v) is 13.1. The number of hydrogen-bond donors (Lipinski definition) is 2. The van der Waals surface area contributed by atoms with Gasteiger partial charge in [0.25, 0.3) is 0 Å². The van der Waals surface area contributed by atoms with Gasteiger partial charge in [-0.25, -0.2) is 0 Å². The Morgan fingerprint density at radius 3 is 2.52 bits per heavy atom. The van der Waals surface area contributed by atoms with Crippen LogP contribution in [0.2, 0.25) is 5.02 Å². The van der Waals surface area contributed by atoms with E-state index in [2.05, 4.69) is 0 Å². The van der Waals surface area contributed by atoms with Gasteiger partial charge in [-0.05, 0) is 35.9 Å². The Balaban J connectivity index is 1.70. The van der Waals surface area contributed by atoms with Gasteiger partial charge in [0.05, 0.1) is 6.61 Å². The molecule has 3 N–H and O–H groups in total. The summed E-state index contributed by atoms with van der Waals surface area (Å²) in [5.41, 5.74) is 7.25. The lowest BCUT2D eigenvalue weighted by Crippen LogP contribution is -2.10. The molecule has 0 saturated carbocycles. The summed E-state index contributed by atoms with van der Waals surface area (Å²) in [6.45, 7) is 0.633. The summed E-state index contributed by atoms with van der Waals surface area (Å²) in [6.07, 6.45) is 0. The zero-order chi connectivity index (χ0) is 15.1. The van der Waals surface area contributed by atoms with Gasteiger partial charge in [-0.1, -0.05) is 29.8 Å². The molecular formula is C16H17ClN2OS. The van der Waals surface area contributed by atoms with Gasteiger partial charge in [0.2, 0.25) is 0 Å². The van der Waals surface area contributed by atoms with Crippen LogP contribution >= 0.6 is 23.4 Å². The van der Waals surface area contributed by atoms with E-state index >= 15 is 0 Å². The van der Waals surface area contributed by atoms with Crippen LogP contribution in [0.25, 0.3) is 0 Å². The molecule has 110 valence electrons. The van der Waals surface area contributed by atoms with Crippen molar-refractivity contribution >= 4 is 29.2 Å². The smallest absolute Gasteiger partial charge is 0.122 e. The van der Waals surface area contributed by atoms with Crippen molar-refractivity contribution in [3.8, 4) is 5.75 Å². The minimum absolute atomic E-state index is 0.0665. The Morgan fingerprint density at radius 2 is 1.86 bits per heavy atom. The van der Waals surface area contributed by atoms with E-state index in [1.165, 1.54) is 0 Å². The molecule has 0 bridgehead atoms. The standard InChI is InChI=1S/C16H17ClN2OS/c17-15-4-2-1-3-13(15)11-21-10-9-20-14-7-5-12(6-8-14)16(18)19/h1-8H,9-11H2,(H3,18,19). The van der Waals surface area contributed by atoms with Crippen LogP contribution < -0.4 is 10.5 Å². The molecule has 0 heterocycles. The first kappa shape index (κ1) is 15.7. The Hall–Kier alpha value is -1.65. The van der Waals surface area contributed by atoms with Crippen molar-refractivity contribution in [1.29, 1.82) is 5.41 Å². The third-order valence-electron chi connectivity index (χ3n) is 2.88. The van der Waals surface area contributed by atoms with Crippen LogP contribution in [-0.2, 0) is 5.75 Å². The highest BCUT2D eigenvalue weighted by Crippen LogP contribution is 2.20. The van der Waals surface area contributed by atoms with E-state index in [0.717, 1.165) is 27.8 Å². The van der Waals surface area contributed by atoms with Crippen molar-refractivity contribution in [3.63, 3.8) is 0 Å². The molecule has 0 radical (unpaired) electrons. The predicted molar refractivity (Wildman–Crippen MR) is 90.6 cm³/mol. The maximum atomic E-state index is 7.32.